The van der Waals surface area contributed by atoms with Crippen LogP contribution in [0, 0.1) is 0 Å². The van der Waals surface area contributed by atoms with Crippen molar-refractivity contribution in [2.24, 2.45) is 0 Å². The topological polar surface area (TPSA) is 112 Å². The third-order valence-electron chi connectivity index (χ3n) is 15.5. The molecule has 5 aliphatic rings. The Kier molecular flexibility index (Phi) is 12.2. The normalized spacial score (nSPS) is 30.9. The number of halogens is 11. The molecule has 21 heteroatoms. The van der Waals surface area contributed by atoms with Gasteiger partial charge in [-0.1, -0.05) is 65.0 Å². The van der Waals surface area contributed by atoms with Crippen LogP contribution in [0.2, 0.25) is 0 Å². The highest BCUT2D eigenvalue weighted by atomic mass is 19.3. The number of hydrogen-bond donors (Lipinski definition) is 0. The maximum absolute atomic E-state index is 16.6. The number of nitrogens with zero attached hydrogens (tertiary/aromatic N) is 2. The van der Waals surface area contributed by atoms with Gasteiger partial charge in [-0.2, -0.15) is 39.5 Å². The van der Waals surface area contributed by atoms with Gasteiger partial charge >= 0.3 is 41.2 Å². The van der Waals surface area contributed by atoms with Crippen molar-refractivity contribution in [2.45, 2.75) is 151 Å². The highest BCUT2D eigenvalue weighted by Crippen LogP contribution is 2.70. The molecule has 10 nitrogen and oxygen atoms in total. The van der Waals surface area contributed by atoms with E-state index in [2.05, 4.69) is 9.47 Å². The van der Waals surface area contributed by atoms with E-state index in [1.165, 1.54) is 12.1 Å². The van der Waals surface area contributed by atoms with E-state index >= 15 is 48.3 Å². The van der Waals surface area contributed by atoms with E-state index in [0.717, 1.165) is 72.7 Å². The molecule has 0 spiro atoms. The number of imide groups is 2. The Hall–Kier alpha value is -6.09. The van der Waals surface area contributed by atoms with Crippen LogP contribution in [0.4, 0.5) is 48.3 Å². The molecule has 4 amide bonds. The second-order valence-corrected chi connectivity index (χ2v) is 19.6. The smallest absolute Gasteiger partial charge is 0.395 e. The van der Waals surface area contributed by atoms with E-state index < -0.39 is 122 Å². The van der Waals surface area contributed by atoms with E-state index in [-0.39, 0.29) is 23.5 Å². The van der Waals surface area contributed by atoms with E-state index in [1.807, 2.05) is 20.8 Å². The fourth-order valence-corrected chi connectivity index (χ4v) is 9.55. The van der Waals surface area contributed by atoms with Crippen molar-refractivity contribution in [3.63, 3.8) is 0 Å². The first kappa shape index (κ1) is 53.2. The molecule has 0 radical (unpaired) electrons. The average molecular weight is 1040 g/mol. The molecule has 8 rings (SSSR count). The second kappa shape index (κ2) is 16.7. The highest BCUT2D eigenvalue weighted by molar-refractivity contribution is 6.23. The van der Waals surface area contributed by atoms with Gasteiger partial charge in [0.2, 0.25) is 5.67 Å². The summed E-state index contributed by atoms with van der Waals surface area (Å²) in [5.41, 5.74) is -9.20. The van der Waals surface area contributed by atoms with Crippen LogP contribution < -0.4 is 9.47 Å². The van der Waals surface area contributed by atoms with Crippen molar-refractivity contribution >= 4 is 23.6 Å². The van der Waals surface area contributed by atoms with E-state index in [9.17, 15) is 19.2 Å². The second-order valence-electron chi connectivity index (χ2n) is 19.6. The zero-order valence-electron chi connectivity index (χ0n) is 40.5. The van der Waals surface area contributed by atoms with Crippen LogP contribution in [-0.4, -0.2) is 91.4 Å². The SMILES string of the molecule is CCC(C)(CC)c1ccc(COC2(F)C(C)(F)C(F)(F)C2(F)OC2(C)C=CC=C(N3C(=O)c4ccc(OC5(F)C(F)(F)C(F)(F)C5(F)Oc5ccc6c(c5)C(=O)N(C(C)(CC)CC)C6=O)cc4C3=O)C=C2)cc1. The molecule has 2 aliphatic heterocycles. The van der Waals surface area contributed by atoms with Gasteiger partial charge in [0.25, 0.3) is 23.6 Å². The molecule has 2 saturated carbocycles. The third-order valence-corrected chi connectivity index (χ3v) is 15.5. The van der Waals surface area contributed by atoms with Gasteiger partial charge in [-0.05, 0) is 124 Å². The van der Waals surface area contributed by atoms with Gasteiger partial charge in [-0.3, -0.25) is 24.1 Å². The standard InChI is InChI=1S/C52H49F11N2O8/c1-9-42(5,10-2)30-17-15-29(16-18-30)28-70-49(60)45(8,53)46(54,55)52(49,63)73-44(7)24-13-14-31(23-25-44)64-38(66)34-21-19-32(26-36(34)39(64)67)71-50(61)47(56,57)48(58,59)51(50,62)72-33-20-22-35-37(27-33)41(69)65(40(35)68)43(6,11-3)12-4/h13-27H,9-12,28H2,1-8H3. The summed E-state index contributed by atoms with van der Waals surface area (Å²) in [7, 11) is 0. The average Bonchev–Trinajstić information content (AvgIpc) is 3.65. The molecule has 392 valence electrons. The Balaban J connectivity index is 1.00. The van der Waals surface area contributed by atoms with E-state index in [4.69, 9.17) is 9.47 Å². The molecule has 3 aromatic rings. The number of carbonyl (C=O) groups excluding carboxylic acids is 4. The first-order chi connectivity index (χ1) is 33.7. The van der Waals surface area contributed by atoms with Gasteiger partial charge in [0.1, 0.15) is 17.1 Å². The van der Waals surface area contributed by atoms with Crippen LogP contribution in [0.1, 0.15) is 134 Å². The van der Waals surface area contributed by atoms with Crippen LogP contribution in [0.5, 0.6) is 11.5 Å². The minimum atomic E-state index is -5.98. The largest absolute Gasteiger partial charge is 0.447 e. The predicted octanol–water partition coefficient (Wildman–Crippen LogP) is 12.3. The van der Waals surface area contributed by atoms with E-state index in [0.29, 0.717) is 42.0 Å². The number of hydrogen-bond acceptors (Lipinski definition) is 8. The summed E-state index contributed by atoms with van der Waals surface area (Å²) >= 11 is 0. The van der Waals surface area contributed by atoms with Crippen molar-refractivity contribution < 1.29 is 86.4 Å². The molecule has 73 heavy (non-hydrogen) atoms. The lowest BCUT2D eigenvalue weighted by atomic mass is 9.67. The molecular formula is C52H49F11N2O8. The van der Waals surface area contributed by atoms with Crippen LogP contribution >= 0.6 is 0 Å². The molecule has 0 N–H and O–H groups in total. The van der Waals surface area contributed by atoms with Gasteiger partial charge in [-0.25, -0.2) is 13.7 Å². The lowest BCUT2D eigenvalue weighted by Gasteiger charge is -2.60. The summed E-state index contributed by atoms with van der Waals surface area (Å²) in [4.78, 5) is 55.3. The molecule has 3 aromatic carbocycles. The highest BCUT2D eigenvalue weighted by Gasteiger charge is 3.03. The number of fused-ring (bicyclic) bond motifs is 2. The first-order valence-corrected chi connectivity index (χ1v) is 23.3. The number of rotatable bonds is 16. The van der Waals surface area contributed by atoms with Gasteiger partial charge in [-0.15, -0.1) is 0 Å². The summed E-state index contributed by atoms with van der Waals surface area (Å²) in [5.74, 6) is -43.5. The van der Waals surface area contributed by atoms with Crippen molar-refractivity contribution in [3.05, 3.63) is 130 Å². The summed E-state index contributed by atoms with van der Waals surface area (Å²) < 4.78 is 192. The molecule has 0 saturated heterocycles. The van der Waals surface area contributed by atoms with Crippen LogP contribution in [-0.2, 0) is 21.5 Å². The zero-order chi connectivity index (χ0) is 54.1. The van der Waals surface area contributed by atoms with Crippen LogP contribution in [0.25, 0.3) is 0 Å². The number of carbonyl (C=O) groups is 4. The zero-order valence-corrected chi connectivity index (χ0v) is 40.5. The number of alkyl halides is 11. The Morgan fingerprint density at radius 3 is 1.53 bits per heavy atom. The minimum absolute atomic E-state index is 0.110. The Labute approximate surface area is 411 Å². The molecule has 2 heterocycles. The fourth-order valence-electron chi connectivity index (χ4n) is 9.55. The van der Waals surface area contributed by atoms with Gasteiger partial charge < -0.3 is 18.9 Å². The van der Waals surface area contributed by atoms with Crippen molar-refractivity contribution in [2.75, 3.05) is 0 Å². The maximum atomic E-state index is 16.6. The van der Waals surface area contributed by atoms with Crippen molar-refractivity contribution in [1.29, 1.82) is 0 Å². The predicted molar refractivity (Wildman–Crippen MR) is 239 cm³/mol. The number of benzene rings is 3. The Morgan fingerprint density at radius 1 is 0.548 bits per heavy atom. The lowest BCUT2D eigenvalue weighted by Crippen LogP contribution is -2.89. The quantitative estimate of drug-likeness (QED) is 0.103. The van der Waals surface area contributed by atoms with E-state index in [1.54, 1.807) is 32.9 Å². The maximum Gasteiger partial charge on any atom is 0.395 e. The number of allylic oxidation sites excluding steroid dienone is 3. The molecule has 0 aromatic heterocycles. The van der Waals surface area contributed by atoms with Crippen molar-refractivity contribution in [1.82, 2.24) is 9.80 Å². The lowest BCUT2D eigenvalue weighted by molar-refractivity contribution is -0.534. The molecule has 2 fully saturated rings. The van der Waals surface area contributed by atoms with Crippen molar-refractivity contribution in [3.8, 4) is 11.5 Å². The third kappa shape index (κ3) is 6.94. The van der Waals surface area contributed by atoms with Gasteiger partial charge in [0.05, 0.1) is 34.6 Å². The molecule has 0 bridgehead atoms. The number of amides is 4. The van der Waals surface area contributed by atoms with Gasteiger partial charge in [0, 0.05) is 5.54 Å². The summed E-state index contributed by atoms with van der Waals surface area (Å²) in [5, 5.41) is 0. The molecule has 6 unspecified atom stereocenters. The summed E-state index contributed by atoms with van der Waals surface area (Å²) in [6.07, 6.45) is 6.71. The number of ether oxygens (including phenoxy) is 4. The van der Waals surface area contributed by atoms with Gasteiger partial charge in [0.15, 0.2) is 0 Å². The summed E-state index contributed by atoms with van der Waals surface area (Å²) in [6.45, 7) is 11.2. The monoisotopic (exact) mass is 1040 g/mol. The Bertz CT molecular complexity index is 2920. The minimum Gasteiger partial charge on any atom is -0.447 e. The Morgan fingerprint density at radius 2 is 1.03 bits per heavy atom. The fraction of sp³-hybridized carbons (Fsp3) is 0.462. The molecular weight excluding hydrogens is 990 g/mol. The summed E-state index contributed by atoms with van der Waals surface area (Å²) in [6, 6.07) is 10.4. The molecule has 6 atom stereocenters. The molecule has 3 aliphatic carbocycles. The van der Waals surface area contributed by atoms with Crippen LogP contribution in [0.3, 0.4) is 0 Å². The van der Waals surface area contributed by atoms with Crippen LogP contribution in [0.15, 0.2) is 96.7 Å². The first-order valence-electron chi connectivity index (χ1n) is 23.3.